The monoisotopic (exact) mass is 254 g/mol. The molecule has 0 N–H and O–H groups in total. The Morgan fingerprint density at radius 3 is 2.75 bits per heavy atom. The third kappa shape index (κ3) is 4.77. The molecule has 86 valence electrons. The molecule has 0 amide bonds. The van der Waals surface area contributed by atoms with Gasteiger partial charge in [-0.2, -0.15) is 0 Å². The van der Waals surface area contributed by atoms with E-state index in [4.69, 9.17) is 0 Å². The second-order valence-corrected chi connectivity index (χ2v) is 4.57. The maximum Gasteiger partial charge on any atom is 0.345 e. The summed E-state index contributed by atoms with van der Waals surface area (Å²) in [6.45, 7) is 1.73. The van der Waals surface area contributed by atoms with Crippen LogP contribution in [0.1, 0.15) is 13.3 Å². The highest BCUT2D eigenvalue weighted by Gasteiger charge is 2.02. The van der Waals surface area contributed by atoms with Crippen LogP contribution in [0.5, 0.6) is 0 Å². The summed E-state index contributed by atoms with van der Waals surface area (Å²) in [6.07, 6.45) is 2.71. The molecule has 0 aliphatic rings. The molecule has 0 saturated carbocycles. The van der Waals surface area contributed by atoms with Gasteiger partial charge in [-0.05, 0) is 25.5 Å². The highest BCUT2D eigenvalue weighted by Crippen LogP contribution is 2.18. The summed E-state index contributed by atoms with van der Waals surface area (Å²) < 4.78 is 4.31. The van der Waals surface area contributed by atoms with E-state index in [1.54, 1.807) is 18.7 Å². The Hall–Kier alpha value is -0.870. The number of allylic oxidation sites excluding steroid dienone is 1. The lowest BCUT2D eigenvalue weighted by molar-refractivity contribution is -0.128. The molecule has 0 unspecified atom stereocenters. The average Bonchev–Trinajstić information content (AvgIpc) is 2.34. The van der Waals surface area contributed by atoms with Crippen molar-refractivity contribution >= 4 is 30.6 Å². The summed E-state index contributed by atoms with van der Waals surface area (Å²) in [5.74, 6) is 0.564. The summed E-state index contributed by atoms with van der Waals surface area (Å²) in [6, 6.07) is 10.2. The number of carbonyl (C=O) groups excluding carboxylic acids is 1. The first-order valence-corrected chi connectivity index (χ1v) is 6.29. The normalized spacial score (nSPS) is 11.2. The van der Waals surface area contributed by atoms with Crippen molar-refractivity contribution in [1.82, 2.24) is 0 Å². The van der Waals surface area contributed by atoms with E-state index < -0.39 is 0 Å². The quantitative estimate of drug-likeness (QED) is 0.286. The van der Waals surface area contributed by atoms with Crippen LogP contribution in [0.2, 0.25) is 0 Å². The molecule has 4 heteroatoms. The predicted octanol–water partition coefficient (Wildman–Crippen LogP) is 3.50. The van der Waals surface area contributed by atoms with Gasteiger partial charge in [-0.1, -0.05) is 24.3 Å². The van der Waals surface area contributed by atoms with Gasteiger partial charge in [0.25, 0.3) is 0 Å². The standard InChI is InChI=1S/C12H14O2S2/c1-10(12(13)14-15)6-5-9-16-11-7-3-2-4-8-11/h2-4,6-8,15H,5,9H2,1H3. The lowest BCUT2D eigenvalue weighted by Crippen LogP contribution is -1.98. The Kier molecular flexibility index (Phi) is 6.11. The second-order valence-electron chi connectivity index (χ2n) is 3.22. The minimum Gasteiger partial charge on any atom is -0.391 e. The van der Waals surface area contributed by atoms with E-state index >= 15 is 0 Å². The molecule has 0 heterocycles. The van der Waals surface area contributed by atoms with Crippen molar-refractivity contribution < 1.29 is 8.98 Å². The van der Waals surface area contributed by atoms with Crippen molar-refractivity contribution in [3.63, 3.8) is 0 Å². The van der Waals surface area contributed by atoms with E-state index in [0.29, 0.717) is 5.57 Å². The van der Waals surface area contributed by atoms with Gasteiger partial charge in [0.15, 0.2) is 0 Å². The van der Waals surface area contributed by atoms with Crippen molar-refractivity contribution in [2.24, 2.45) is 0 Å². The van der Waals surface area contributed by atoms with Crippen LogP contribution in [-0.2, 0) is 8.98 Å². The Labute approximate surface area is 106 Å². The molecule has 0 aromatic heterocycles. The Balaban J connectivity index is 2.29. The van der Waals surface area contributed by atoms with Gasteiger partial charge in [0.2, 0.25) is 0 Å². The van der Waals surface area contributed by atoms with Crippen LogP contribution in [0.25, 0.3) is 0 Å². The van der Waals surface area contributed by atoms with E-state index in [-0.39, 0.29) is 5.97 Å². The molecule has 0 aliphatic carbocycles. The Morgan fingerprint density at radius 1 is 1.44 bits per heavy atom. The summed E-state index contributed by atoms with van der Waals surface area (Å²) >= 11 is 5.23. The maximum absolute atomic E-state index is 11.0. The van der Waals surface area contributed by atoms with Gasteiger partial charge in [-0.3, -0.25) is 0 Å². The Morgan fingerprint density at radius 2 is 2.12 bits per heavy atom. The fourth-order valence-corrected chi connectivity index (χ4v) is 2.09. The zero-order chi connectivity index (χ0) is 11.8. The molecule has 0 atom stereocenters. The first kappa shape index (κ1) is 13.2. The van der Waals surface area contributed by atoms with Crippen LogP contribution < -0.4 is 0 Å². The van der Waals surface area contributed by atoms with Gasteiger partial charge in [0, 0.05) is 29.1 Å². The molecule has 0 bridgehead atoms. The lowest BCUT2D eigenvalue weighted by atomic mass is 10.2. The van der Waals surface area contributed by atoms with Crippen molar-refractivity contribution in [2.75, 3.05) is 5.75 Å². The number of hydrogen-bond acceptors (Lipinski definition) is 4. The molecule has 1 aromatic carbocycles. The minimum atomic E-state index is -0.381. The molecule has 0 saturated heterocycles. The molecule has 0 aliphatic heterocycles. The van der Waals surface area contributed by atoms with Gasteiger partial charge in [-0.25, -0.2) is 4.79 Å². The van der Waals surface area contributed by atoms with Gasteiger partial charge in [-0.15, -0.1) is 11.8 Å². The molecule has 1 aromatic rings. The van der Waals surface area contributed by atoms with E-state index in [1.165, 1.54) is 4.90 Å². The van der Waals surface area contributed by atoms with E-state index in [0.717, 1.165) is 12.2 Å². The van der Waals surface area contributed by atoms with Crippen LogP contribution in [0.4, 0.5) is 0 Å². The van der Waals surface area contributed by atoms with Crippen LogP contribution in [-0.4, -0.2) is 11.7 Å². The number of thiol groups is 1. The van der Waals surface area contributed by atoms with Gasteiger partial charge < -0.3 is 4.18 Å². The first-order valence-electron chi connectivity index (χ1n) is 4.94. The summed E-state index contributed by atoms with van der Waals surface area (Å²) in [5.41, 5.74) is 0.601. The fraction of sp³-hybridized carbons (Fsp3) is 0.250. The zero-order valence-corrected chi connectivity index (χ0v) is 10.8. The smallest absolute Gasteiger partial charge is 0.345 e. The largest absolute Gasteiger partial charge is 0.391 e. The summed E-state index contributed by atoms with van der Waals surface area (Å²) in [7, 11) is 0. The van der Waals surface area contributed by atoms with Crippen LogP contribution in [0.15, 0.2) is 46.9 Å². The molecule has 16 heavy (non-hydrogen) atoms. The number of thioether (sulfide) groups is 1. The lowest BCUT2D eigenvalue weighted by Gasteiger charge is -1.99. The number of carbonyl (C=O) groups is 1. The van der Waals surface area contributed by atoms with Crippen molar-refractivity contribution in [3.05, 3.63) is 42.0 Å². The molecule has 2 nitrogen and oxygen atoms in total. The first-order chi connectivity index (χ1) is 7.74. The molecule has 0 spiro atoms. The second kappa shape index (κ2) is 7.41. The maximum atomic E-state index is 11.0. The average molecular weight is 254 g/mol. The van der Waals surface area contributed by atoms with Crippen molar-refractivity contribution in [3.8, 4) is 0 Å². The highest BCUT2D eigenvalue weighted by molar-refractivity contribution is 7.99. The van der Waals surface area contributed by atoms with Crippen molar-refractivity contribution in [2.45, 2.75) is 18.2 Å². The van der Waals surface area contributed by atoms with Crippen LogP contribution >= 0.6 is 24.7 Å². The number of benzene rings is 1. The summed E-state index contributed by atoms with van der Waals surface area (Å²) in [4.78, 5) is 12.2. The van der Waals surface area contributed by atoms with Crippen LogP contribution in [0.3, 0.4) is 0 Å². The molecular formula is C12H14O2S2. The summed E-state index contributed by atoms with van der Waals surface area (Å²) in [5, 5.41) is 0. The highest BCUT2D eigenvalue weighted by atomic mass is 32.2. The van der Waals surface area contributed by atoms with Gasteiger partial charge in [0.05, 0.1) is 0 Å². The Bertz CT molecular complexity index is 361. The van der Waals surface area contributed by atoms with E-state index in [1.807, 2.05) is 24.3 Å². The number of hydrogen-bond donors (Lipinski definition) is 1. The molecule has 1 rings (SSSR count). The molecule has 0 fully saturated rings. The zero-order valence-electron chi connectivity index (χ0n) is 9.05. The number of rotatable bonds is 5. The predicted molar refractivity (Wildman–Crippen MR) is 70.6 cm³/mol. The minimum absolute atomic E-state index is 0.381. The van der Waals surface area contributed by atoms with E-state index in [2.05, 4.69) is 29.2 Å². The van der Waals surface area contributed by atoms with E-state index in [9.17, 15) is 4.79 Å². The van der Waals surface area contributed by atoms with Gasteiger partial charge in [0.1, 0.15) is 0 Å². The third-order valence-electron chi connectivity index (χ3n) is 1.99. The topological polar surface area (TPSA) is 26.3 Å². The van der Waals surface area contributed by atoms with Gasteiger partial charge >= 0.3 is 5.97 Å². The molecular weight excluding hydrogens is 240 g/mol. The van der Waals surface area contributed by atoms with Crippen LogP contribution in [0, 0.1) is 0 Å². The third-order valence-corrected chi connectivity index (χ3v) is 3.20. The van der Waals surface area contributed by atoms with Crippen molar-refractivity contribution in [1.29, 1.82) is 0 Å². The SMILES string of the molecule is CC(=CCCSc1ccccc1)C(=O)OS. The fourth-order valence-electron chi connectivity index (χ4n) is 1.12. The molecule has 0 radical (unpaired) electrons.